The number of rotatable bonds is 14. The number of nitrogens with one attached hydrogen (secondary N) is 3. The van der Waals surface area contributed by atoms with Crippen LogP contribution in [0.2, 0.25) is 0 Å². The van der Waals surface area contributed by atoms with E-state index < -0.39 is 24.0 Å². The Morgan fingerprint density at radius 1 is 1.27 bits per heavy atom. The lowest BCUT2D eigenvalue weighted by atomic mass is 10.0. The highest BCUT2D eigenvalue weighted by Crippen LogP contribution is 2.20. The number of carboxylic acids is 1. The van der Waals surface area contributed by atoms with E-state index in [-0.39, 0.29) is 19.1 Å². The molecule has 0 saturated carbocycles. The number of anilines is 1. The first-order chi connectivity index (χ1) is 17.9. The quantitative estimate of drug-likeness (QED) is 0.301. The molecule has 11 heteroatoms. The number of aryl methyl sites for hydroxylation is 3. The number of nitrogens with zero attached hydrogens (tertiary/aromatic N) is 3. The smallest absolute Gasteiger partial charge is 0.407 e. The van der Waals surface area contributed by atoms with Gasteiger partial charge >= 0.3 is 12.1 Å². The molecule has 3 heterocycles. The van der Waals surface area contributed by atoms with Gasteiger partial charge in [-0.1, -0.05) is 39.2 Å². The van der Waals surface area contributed by atoms with Gasteiger partial charge in [-0.05, 0) is 36.8 Å². The van der Waals surface area contributed by atoms with Gasteiger partial charge in [0.1, 0.15) is 11.9 Å². The van der Waals surface area contributed by atoms with E-state index in [1.807, 2.05) is 13.0 Å². The van der Waals surface area contributed by atoms with Crippen LogP contribution in [0, 0.1) is 5.92 Å². The Morgan fingerprint density at radius 3 is 2.86 bits per heavy atom. The highest BCUT2D eigenvalue weighted by molar-refractivity contribution is 5.94. The number of aromatic nitrogens is 3. The molecular weight excluding hydrogens is 476 g/mol. The van der Waals surface area contributed by atoms with Crippen LogP contribution in [0.15, 0.2) is 24.5 Å². The van der Waals surface area contributed by atoms with Gasteiger partial charge in [0.2, 0.25) is 0 Å². The number of unbranched alkanes of at least 4 members (excludes halogenated alkanes) is 1. The SMILES string of the molecule is CCCCC(CC)COC(=O)NC(CNC(=O)c1cnn(CCc2ccc3c(n2)NCCC3)c1)C(=O)O. The van der Waals surface area contributed by atoms with Gasteiger partial charge in [-0.3, -0.25) is 9.48 Å². The highest BCUT2D eigenvalue weighted by Gasteiger charge is 2.23. The third kappa shape index (κ3) is 8.76. The molecule has 1 aliphatic heterocycles. The molecule has 2 amide bonds. The van der Waals surface area contributed by atoms with E-state index in [2.05, 4.69) is 39.0 Å². The Balaban J connectivity index is 1.44. The number of amides is 2. The van der Waals surface area contributed by atoms with Crippen LogP contribution in [0.4, 0.5) is 10.6 Å². The zero-order valence-electron chi connectivity index (χ0n) is 21.7. The first-order valence-corrected chi connectivity index (χ1v) is 13.1. The number of carbonyl (C=O) groups is 3. The molecule has 4 N–H and O–H groups in total. The maximum absolute atomic E-state index is 12.5. The Kier molecular flexibility index (Phi) is 10.7. The summed E-state index contributed by atoms with van der Waals surface area (Å²) in [6.07, 6.45) is 8.95. The van der Waals surface area contributed by atoms with Crippen molar-refractivity contribution in [2.24, 2.45) is 5.92 Å². The summed E-state index contributed by atoms with van der Waals surface area (Å²) >= 11 is 0. The molecule has 2 aromatic heterocycles. The average molecular weight is 515 g/mol. The number of hydrogen-bond acceptors (Lipinski definition) is 7. The minimum Gasteiger partial charge on any atom is -0.480 e. The van der Waals surface area contributed by atoms with Crippen molar-refractivity contribution in [3.63, 3.8) is 0 Å². The maximum atomic E-state index is 12.5. The molecule has 37 heavy (non-hydrogen) atoms. The number of fused-ring (bicyclic) bond motifs is 1. The summed E-state index contributed by atoms with van der Waals surface area (Å²) in [5.41, 5.74) is 2.47. The Bertz CT molecular complexity index is 1060. The van der Waals surface area contributed by atoms with E-state index in [1.165, 1.54) is 11.8 Å². The van der Waals surface area contributed by atoms with E-state index in [1.54, 1.807) is 10.9 Å². The second-order valence-electron chi connectivity index (χ2n) is 9.34. The number of aliphatic carboxylic acids is 1. The lowest BCUT2D eigenvalue weighted by molar-refractivity contribution is -0.139. The fourth-order valence-corrected chi connectivity index (χ4v) is 4.11. The molecule has 0 spiro atoms. The number of alkyl carbamates (subject to hydrolysis) is 1. The number of pyridine rings is 1. The molecule has 0 fully saturated rings. The average Bonchev–Trinajstić information content (AvgIpc) is 3.38. The second kappa shape index (κ2) is 14.2. The van der Waals surface area contributed by atoms with Crippen molar-refractivity contribution >= 4 is 23.8 Å². The molecule has 0 aromatic carbocycles. The molecule has 2 aromatic rings. The summed E-state index contributed by atoms with van der Waals surface area (Å²) in [5, 5.41) is 21.9. The fourth-order valence-electron chi connectivity index (χ4n) is 4.11. The normalized spacial score (nSPS) is 14.1. The molecule has 0 aliphatic carbocycles. The zero-order valence-corrected chi connectivity index (χ0v) is 21.7. The molecular formula is C26H38N6O5. The minimum atomic E-state index is -1.31. The summed E-state index contributed by atoms with van der Waals surface area (Å²) < 4.78 is 6.86. The van der Waals surface area contributed by atoms with Gasteiger partial charge in [0.05, 0.1) is 18.4 Å². The minimum absolute atomic E-state index is 0.234. The van der Waals surface area contributed by atoms with Gasteiger partial charge in [-0.15, -0.1) is 0 Å². The van der Waals surface area contributed by atoms with Gasteiger partial charge in [0, 0.05) is 37.9 Å². The predicted molar refractivity (Wildman–Crippen MR) is 139 cm³/mol. The lowest BCUT2D eigenvalue weighted by Crippen LogP contribution is -2.48. The summed E-state index contributed by atoms with van der Waals surface area (Å²) in [6.45, 7) is 5.55. The van der Waals surface area contributed by atoms with Crippen LogP contribution in [0.25, 0.3) is 0 Å². The summed E-state index contributed by atoms with van der Waals surface area (Å²) in [5.74, 6) is -0.561. The third-order valence-electron chi connectivity index (χ3n) is 6.49. The van der Waals surface area contributed by atoms with Gasteiger partial charge < -0.3 is 25.8 Å². The van der Waals surface area contributed by atoms with Crippen molar-refractivity contribution in [2.45, 2.75) is 71.4 Å². The molecule has 3 rings (SSSR count). The number of hydrogen-bond donors (Lipinski definition) is 4. The van der Waals surface area contributed by atoms with Gasteiger partial charge in [-0.25, -0.2) is 14.6 Å². The van der Waals surface area contributed by atoms with Crippen LogP contribution in [0.3, 0.4) is 0 Å². The second-order valence-corrected chi connectivity index (χ2v) is 9.34. The zero-order chi connectivity index (χ0) is 26.6. The van der Waals surface area contributed by atoms with Crippen LogP contribution in [0.5, 0.6) is 0 Å². The molecule has 1 aliphatic rings. The molecule has 11 nitrogen and oxygen atoms in total. The Hall–Kier alpha value is -3.63. The fraction of sp³-hybridized carbons (Fsp3) is 0.577. The van der Waals surface area contributed by atoms with Crippen molar-refractivity contribution in [1.82, 2.24) is 25.4 Å². The van der Waals surface area contributed by atoms with Gasteiger partial charge in [0.25, 0.3) is 5.91 Å². The summed E-state index contributed by atoms with van der Waals surface area (Å²) in [4.78, 5) is 40.9. The monoisotopic (exact) mass is 514 g/mol. The first-order valence-electron chi connectivity index (χ1n) is 13.1. The van der Waals surface area contributed by atoms with Gasteiger partial charge in [-0.2, -0.15) is 5.10 Å². The van der Waals surface area contributed by atoms with Crippen molar-refractivity contribution in [3.8, 4) is 0 Å². The summed E-state index contributed by atoms with van der Waals surface area (Å²) in [6, 6.07) is 2.80. The van der Waals surface area contributed by atoms with E-state index in [0.29, 0.717) is 18.5 Å². The molecule has 0 saturated heterocycles. The molecule has 2 unspecified atom stereocenters. The largest absolute Gasteiger partial charge is 0.480 e. The van der Waals surface area contributed by atoms with Gasteiger partial charge in [0.15, 0.2) is 0 Å². The van der Waals surface area contributed by atoms with Crippen molar-refractivity contribution in [1.29, 1.82) is 0 Å². The topological polar surface area (TPSA) is 147 Å². The van der Waals surface area contributed by atoms with E-state index in [0.717, 1.165) is 56.6 Å². The van der Waals surface area contributed by atoms with Crippen molar-refractivity contribution < 1.29 is 24.2 Å². The Morgan fingerprint density at radius 2 is 2.11 bits per heavy atom. The number of carbonyl (C=O) groups excluding carboxylic acids is 2. The van der Waals surface area contributed by atoms with Crippen molar-refractivity contribution in [2.75, 3.05) is 25.0 Å². The van der Waals surface area contributed by atoms with Crippen molar-refractivity contribution in [3.05, 3.63) is 41.3 Å². The van der Waals surface area contributed by atoms with Crippen LogP contribution in [0.1, 0.15) is 67.6 Å². The van der Waals surface area contributed by atoms with E-state index in [4.69, 9.17) is 4.74 Å². The van der Waals surface area contributed by atoms with Crippen LogP contribution in [-0.2, 0) is 28.9 Å². The Labute approximate surface area is 217 Å². The lowest BCUT2D eigenvalue weighted by Gasteiger charge is -2.18. The third-order valence-corrected chi connectivity index (χ3v) is 6.49. The standard InChI is InChI=1S/C26H38N6O5/c1-3-5-7-18(4-2)17-37-26(36)31-22(25(34)35)15-28-24(33)20-14-29-32(16-20)13-11-21-10-9-19-8-6-12-27-23(19)30-21/h9-10,14,16,18,22H,3-8,11-13,15,17H2,1-2H3,(H,27,30)(H,28,33)(H,31,36)(H,34,35). The number of carboxylic acid groups (broad SMARTS) is 1. The molecule has 0 bridgehead atoms. The van der Waals surface area contributed by atoms with E-state index in [9.17, 15) is 19.5 Å². The van der Waals surface area contributed by atoms with Crippen LogP contribution >= 0.6 is 0 Å². The predicted octanol–water partition coefficient (Wildman–Crippen LogP) is 3.00. The molecule has 2 atom stereocenters. The van der Waals surface area contributed by atoms with E-state index >= 15 is 0 Å². The number of ether oxygens (including phenoxy) is 1. The highest BCUT2D eigenvalue weighted by atomic mass is 16.5. The van der Waals surface area contributed by atoms with Crippen LogP contribution in [-0.4, -0.2) is 63.6 Å². The first kappa shape index (κ1) is 27.9. The molecule has 0 radical (unpaired) electrons. The molecule has 202 valence electrons. The maximum Gasteiger partial charge on any atom is 0.407 e. The van der Waals surface area contributed by atoms with Crippen LogP contribution < -0.4 is 16.0 Å². The summed E-state index contributed by atoms with van der Waals surface area (Å²) in [7, 11) is 0.